The molecule has 5 nitrogen and oxygen atoms in total. The lowest BCUT2D eigenvalue weighted by molar-refractivity contribution is -0.0976. The molecule has 2 atom stereocenters. The Morgan fingerprint density at radius 3 is 2.76 bits per heavy atom. The summed E-state index contributed by atoms with van der Waals surface area (Å²) in [5.74, 6) is 1.21. The van der Waals surface area contributed by atoms with E-state index in [4.69, 9.17) is 10.5 Å². The largest absolute Gasteiger partial charge is 0.382 e. The second kappa shape index (κ2) is 4.49. The van der Waals surface area contributed by atoms with Gasteiger partial charge < -0.3 is 15.8 Å². The van der Waals surface area contributed by atoms with Gasteiger partial charge in [0.1, 0.15) is 11.6 Å². The van der Waals surface area contributed by atoms with Gasteiger partial charge in [-0.1, -0.05) is 13.8 Å². The Balaban J connectivity index is 1.95. The van der Waals surface area contributed by atoms with Crippen LogP contribution in [0.5, 0.6) is 0 Å². The van der Waals surface area contributed by atoms with E-state index in [1.807, 2.05) is 13.0 Å². The van der Waals surface area contributed by atoms with Crippen LogP contribution in [-0.2, 0) is 4.74 Å². The maximum Gasteiger partial charge on any atom is 0.149 e. The van der Waals surface area contributed by atoms with Crippen molar-refractivity contribution < 1.29 is 4.74 Å². The molecule has 3 N–H and O–H groups in total. The van der Waals surface area contributed by atoms with Gasteiger partial charge in [0.2, 0.25) is 0 Å². The molecule has 0 aliphatic heterocycles. The van der Waals surface area contributed by atoms with Crippen molar-refractivity contribution in [2.75, 3.05) is 17.7 Å². The highest BCUT2D eigenvalue weighted by molar-refractivity contribution is 5.40. The van der Waals surface area contributed by atoms with Crippen LogP contribution in [0.2, 0.25) is 0 Å². The van der Waals surface area contributed by atoms with E-state index >= 15 is 0 Å². The molecule has 0 radical (unpaired) electrons. The quantitative estimate of drug-likeness (QED) is 0.832. The highest BCUT2D eigenvalue weighted by Crippen LogP contribution is 2.44. The molecule has 0 bridgehead atoms. The van der Waals surface area contributed by atoms with Crippen molar-refractivity contribution in [3.8, 4) is 0 Å². The molecule has 1 aliphatic rings. The molecule has 2 rings (SSSR count). The van der Waals surface area contributed by atoms with E-state index in [-0.39, 0.29) is 5.41 Å². The summed E-state index contributed by atoms with van der Waals surface area (Å²) in [5, 5.41) is 11.2. The van der Waals surface area contributed by atoms with E-state index < -0.39 is 0 Å². The molecular weight excluding hydrogens is 216 g/mol. The van der Waals surface area contributed by atoms with Gasteiger partial charge in [-0.25, -0.2) is 0 Å². The fourth-order valence-corrected chi connectivity index (χ4v) is 2.21. The van der Waals surface area contributed by atoms with Crippen molar-refractivity contribution in [2.24, 2.45) is 5.41 Å². The summed E-state index contributed by atoms with van der Waals surface area (Å²) in [6, 6.07) is 3.98. The first-order valence-corrected chi connectivity index (χ1v) is 6.01. The van der Waals surface area contributed by atoms with Crippen molar-refractivity contribution in [2.45, 2.75) is 39.3 Å². The summed E-state index contributed by atoms with van der Waals surface area (Å²) >= 11 is 0. The van der Waals surface area contributed by atoms with Crippen LogP contribution in [-0.4, -0.2) is 29.0 Å². The molecule has 94 valence electrons. The first kappa shape index (κ1) is 12.1. The number of aromatic nitrogens is 2. The van der Waals surface area contributed by atoms with Gasteiger partial charge in [-0.3, -0.25) is 0 Å². The molecule has 0 spiro atoms. The third-order valence-electron chi connectivity index (χ3n) is 3.55. The Labute approximate surface area is 102 Å². The Morgan fingerprint density at radius 2 is 2.24 bits per heavy atom. The normalized spacial score (nSPS) is 26.3. The SMILES string of the molecule is CCOC1CC(Nc2ccc(N)nn2)C1(C)C. The van der Waals surface area contributed by atoms with Crippen LogP contribution in [0.3, 0.4) is 0 Å². The first-order valence-electron chi connectivity index (χ1n) is 6.01. The van der Waals surface area contributed by atoms with Crippen LogP contribution in [0.4, 0.5) is 11.6 Å². The Kier molecular flexibility index (Phi) is 3.19. The minimum atomic E-state index is 0.124. The number of hydrogen-bond donors (Lipinski definition) is 2. The van der Waals surface area contributed by atoms with Gasteiger partial charge in [0.25, 0.3) is 0 Å². The smallest absolute Gasteiger partial charge is 0.149 e. The number of nitrogens with two attached hydrogens (primary N) is 1. The average Bonchev–Trinajstić information content (AvgIpc) is 2.30. The molecule has 1 aromatic heterocycles. The van der Waals surface area contributed by atoms with Gasteiger partial charge in [0.05, 0.1) is 6.10 Å². The zero-order valence-corrected chi connectivity index (χ0v) is 10.6. The number of hydrogen-bond acceptors (Lipinski definition) is 5. The summed E-state index contributed by atoms with van der Waals surface area (Å²) in [7, 11) is 0. The van der Waals surface area contributed by atoms with Crippen LogP contribution < -0.4 is 11.1 Å². The van der Waals surface area contributed by atoms with Gasteiger partial charge in [-0.15, -0.1) is 10.2 Å². The molecule has 1 fully saturated rings. The summed E-state index contributed by atoms with van der Waals surface area (Å²) in [6.45, 7) is 7.21. The first-order chi connectivity index (χ1) is 8.04. The van der Waals surface area contributed by atoms with Crippen LogP contribution in [0.15, 0.2) is 12.1 Å². The third-order valence-corrected chi connectivity index (χ3v) is 3.55. The molecule has 1 aliphatic carbocycles. The Bertz CT molecular complexity index is 377. The minimum absolute atomic E-state index is 0.124. The minimum Gasteiger partial charge on any atom is -0.382 e. The van der Waals surface area contributed by atoms with E-state index in [0.717, 1.165) is 18.8 Å². The molecule has 0 aromatic carbocycles. The van der Waals surface area contributed by atoms with Gasteiger partial charge in [0, 0.05) is 18.1 Å². The second-order valence-corrected chi connectivity index (χ2v) is 5.04. The highest BCUT2D eigenvalue weighted by atomic mass is 16.5. The lowest BCUT2D eigenvalue weighted by Crippen LogP contribution is -2.58. The predicted molar refractivity (Wildman–Crippen MR) is 67.7 cm³/mol. The summed E-state index contributed by atoms with van der Waals surface area (Å²) in [6.07, 6.45) is 1.33. The molecule has 1 aromatic rings. The topological polar surface area (TPSA) is 73.1 Å². The van der Waals surface area contributed by atoms with E-state index in [1.165, 1.54) is 0 Å². The van der Waals surface area contributed by atoms with Crippen LogP contribution in [0, 0.1) is 5.41 Å². The van der Waals surface area contributed by atoms with E-state index in [1.54, 1.807) is 6.07 Å². The fourth-order valence-electron chi connectivity index (χ4n) is 2.21. The van der Waals surface area contributed by atoms with Crippen LogP contribution in [0.1, 0.15) is 27.2 Å². The zero-order chi connectivity index (χ0) is 12.5. The predicted octanol–water partition coefficient (Wildman–Crippen LogP) is 1.67. The zero-order valence-electron chi connectivity index (χ0n) is 10.6. The average molecular weight is 236 g/mol. The van der Waals surface area contributed by atoms with Gasteiger partial charge in [-0.05, 0) is 25.5 Å². The van der Waals surface area contributed by atoms with Gasteiger partial charge in [-0.2, -0.15) is 0 Å². The van der Waals surface area contributed by atoms with Crippen molar-refractivity contribution in [1.29, 1.82) is 0 Å². The molecule has 0 amide bonds. The van der Waals surface area contributed by atoms with Crippen LogP contribution >= 0.6 is 0 Å². The summed E-state index contributed by atoms with van der Waals surface area (Å²) < 4.78 is 5.68. The van der Waals surface area contributed by atoms with Crippen molar-refractivity contribution in [3.63, 3.8) is 0 Å². The van der Waals surface area contributed by atoms with Gasteiger partial charge >= 0.3 is 0 Å². The number of nitrogen functional groups attached to an aromatic ring is 1. The lowest BCUT2D eigenvalue weighted by atomic mass is 9.64. The van der Waals surface area contributed by atoms with E-state index in [2.05, 4.69) is 29.4 Å². The monoisotopic (exact) mass is 236 g/mol. The number of nitrogens with zero attached hydrogens (tertiary/aromatic N) is 2. The molecule has 2 unspecified atom stereocenters. The maximum atomic E-state index is 5.68. The Hall–Kier alpha value is -1.36. The van der Waals surface area contributed by atoms with E-state index in [0.29, 0.717) is 18.0 Å². The lowest BCUT2D eigenvalue weighted by Gasteiger charge is -2.51. The van der Waals surface area contributed by atoms with Crippen molar-refractivity contribution >= 4 is 11.6 Å². The standard InChI is InChI=1S/C12H20N4O/c1-4-17-9-7-8(12(9,2)3)14-11-6-5-10(13)15-16-11/h5-6,8-9H,4,7H2,1-3H3,(H2,13,15)(H,14,16). The number of ether oxygens (including phenoxy) is 1. The van der Waals surface area contributed by atoms with Crippen molar-refractivity contribution in [1.82, 2.24) is 10.2 Å². The third kappa shape index (κ3) is 2.34. The summed E-state index contributed by atoms with van der Waals surface area (Å²) in [4.78, 5) is 0. The second-order valence-electron chi connectivity index (χ2n) is 5.04. The Morgan fingerprint density at radius 1 is 1.47 bits per heavy atom. The molecule has 17 heavy (non-hydrogen) atoms. The summed E-state index contributed by atoms with van der Waals surface area (Å²) in [5.41, 5.74) is 5.62. The van der Waals surface area contributed by atoms with Crippen molar-refractivity contribution in [3.05, 3.63) is 12.1 Å². The molecule has 1 saturated carbocycles. The van der Waals surface area contributed by atoms with Crippen LogP contribution in [0.25, 0.3) is 0 Å². The number of anilines is 2. The fraction of sp³-hybridized carbons (Fsp3) is 0.667. The molecule has 1 heterocycles. The molecular formula is C12H20N4O. The molecule has 0 saturated heterocycles. The highest BCUT2D eigenvalue weighted by Gasteiger charge is 2.49. The molecule has 5 heteroatoms. The van der Waals surface area contributed by atoms with Gasteiger partial charge in [0.15, 0.2) is 0 Å². The number of nitrogens with one attached hydrogen (secondary N) is 1. The maximum absolute atomic E-state index is 5.68. The number of rotatable bonds is 4. The van der Waals surface area contributed by atoms with E-state index in [9.17, 15) is 0 Å².